The zero-order valence-corrected chi connectivity index (χ0v) is 20.1. The SMILES string of the molecule is CC1CN(c2cccc(NC(=O)c3ccc(I)cc3N3CCC4(CC3)CC4)n2)CCO1. The third-order valence-corrected chi connectivity index (χ3v) is 7.54. The number of rotatable bonds is 4. The summed E-state index contributed by atoms with van der Waals surface area (Å²) >= 11 is 2.33. The fraction of sp³-hybridized carbons (Fsp3) is 0.500. The van der Waals surface area contributed by atoms with Gasteiger partial charge in [0.15, 0.2) is 0 Å². The number of carbonyl (C=O) groups excluding carboxylic acids is 1. The number of halogens is 1. The number of ether oxygens (including phenoxy) is 1. The number of nitrogens with zero attached hydrogens (tertiary/aromatic N) is 3. The van der Waals surface area contributed by atoms with Crippen molar-refractivity contribution in [1.82, 2.24) is 4.98 Å². The van der Waals surface area contributed by atoms with Crippen molar-refractivity contribution in [2.75, 3.05) is 47.9 Å². The van der Waals surface area contributed by atoms with Gasteiger partial charge in [0, 0.05) is 29.7 Å². The van der Waals surface area contributed by atoms with Gasteiger partial charge in [-0.1, -0.05) is 6.07 Å². The Balaban J connectivity index is 1.33. The Morgan fingerprint density at radius 3 is 2.68 bits per heavy atom. The van der Waals surface area contributed by atoms with Crippen molar-refractivity contribution in [3.05, 3.63) is 45.5 Å². The number of nitrogens with one attached hydrogen (secondary N) is 1. The molecule has 2 aromatic rings. The molecule has 1 spiro atoms. The van der Waals surface area contributed by atoms with Gasteiger partial charge in [0.25, 0.3) is 5.91 Å². The molecule has 1 saturated carbocycles. The van der Waals surface area contributed by atoms with Gasteiger partial charge in [-0.25, -0.2) is 4.98 Å². The van der Waals surface area contributed by atoms with E-state index in [1.54, 1.807) is 0 Å². The molecule has 1 aromatic heterocycles. The van der Waals surface area contributed by atoms with E-state index in [4.69, 9.17) is 9.72 Å². The van der Waals surface area contributed by atoms with Crippen molar-refractivity contribution in [3.63, 3.8) is 0 Å². The number of hydrogen-bond acceptors (Lipinski definition) is 5. The molecule has 1 unspecified atom stereocenters. The molecule has 1 N–H and O–H groups in total. The minimum atomic E-state index is -0.0990. The monoisotopic (exact) mass is 532 g/mol. The molecule has 1 amide bonds. The van der Waals surface area contributed by atoms with Crippen molar-refractivity contribution in [2.45, 2.75) is 38.7 Å². The van der Waals surface area contributed by atoms with Crippen LogP contribution in [0.15, 0.2) is 36.4 Å². The molecule has 3 fully saturated rings. The first kappa shape index (κ1) is 21.0. The van der Waals surface area contributed by atoms with Gasteiger partial charge < -0.3 is 19.9 Å². The lowest BCUT2D eigenvalue weighted by Crippen LogP contribution is -2.41. The zero-order chi connectivity index (χ0) is 21.4. The van der Waals surface area contributed by atoms with Crippen molar-refractivity contribution in [2.24, 2.45) is 5.41 Å². The summed E-state index contributed by atoms with van der Waals surface area (Å²) < 4.78 is 6.79. The zero-order valence-electron chi connectivity index (χ0n) is 17.9. The van der Waals surface area contributed by atoms with Crippen LogP contribution in [0.2, 0.25) is 0 Å². The molecule has 1 aliphatic carbocycles. The van der Waals surface area contributed by atoms with E-state index in [9.17, 15) is 4.79 Å². The van der Waals surface area contributed by atoms with E-state index < -0.39 is 0 Å². The molecule has 3 heterocycles. The second-order valence-corrected chi connectivity index (χ2v) is 10.4. The highest BCUT2D eigenvalue weighted by Crippen LogP contribution is 2.54. The average Bonchev–Trinajstić information content (AvgIpc) is 3.53. The maximum absolute atomic E-state index is 13.3. The van der Waals surface area contributed by atoms with E-state index in [0.717, 1.165) is 46.8 Å². The number of pyridine rings is 1. The fourth-order valence-electron chi connectivity index (χ4n) is 4.74. The number of morpholine rings is 1. The first-order valence-corrected chi connectivity index (χ1v) is 12.3. The Hall–Kier alpha value is -1.87. The number of amides is 1. The molecule has 1 aromatic carbocycles. The molecule has 1 atom stereocenters. The number of piperidine rings is 1. The molecule has 0 bridgehead atoms. The second kappa shape index (κ2) is 8.58. The summed E-state index contributed by atoms with van der Waals surface area (Å²) in [7, 11) is 0. The molecular formula is C24H29IN4O2. The summed E-state index contributed by atoms with van der Waals surface area (Å²) in [5.74, 6) is 1.36. The summed E-state index contributed by atoms with van der Waals surface area (Å²) in [5.41, 5.74) is 2.37. The lowest BCUT2D eigenvalue weighted by molar-refractivity contribution is 0.0529. The number of benzene rings is 1. The van der Waals surface area contributed by atoms with E-state index in [2.05, 4.69) is 50.7 Å². The number of hydrogen-bond donors (Lipinski definition) is 1. The van der Waals surface area contributed by atoms with Gasteiger partial charge in [-0.3, -0.25) is 4.79 Å². The average molecular weight is 532 g/mol. The highest BCUT2D eigenvalue weighted by molar-refractivity contribution is 14.1. The van der Waals surface area contributed by atoms with Crippen LogP contribution in [0, 0.1) is 8.99 Å². The van der Waals surface area contributed by atoms with Crippen LogP contribution in [0.4, 0.5) is 17.3 Å². The smallest absolute Gasteiger partial charge is 0.258 e. The van der Waals surface area contributed by atoms with Crippen LogP contribution in [-0.2, 0) is 4.74 Å². The van der Waals surface area contributed by atoms with E-state index >= 15 is 0 Å². The molecule has 3 aliphatic rings. The molecule has 6 nitrogen and oxygen atoms in total. The van der Waals surface area contributed by atoms with E-state index in [-0.39, 0.29) is 12.0 Å². The topological polar surface area (TPSA) is 57.7 Å². The van der Waals surface area contributed by atoms with Crippen LogP contribution >= 0.6 is 22.6 Å². The summed E-state index contributed by atoms with van der Waals surface area (Å²) in [6.45, 7) is 6.45. The van der Waals surface area contributed by atoms with Crippen LogP contribution in [-0.4, -0.2) is 49.8 Å². The largest absolute Gasteiger partial charge is 0.375 e. The third-order valence-electron chi connectivity index (χ3n) is 6.87. The molecule has 7 heteroatoms. The van der Waals surface area contributed by atoms with Gasteiger partial charge in [0.2, 0.25) is 0 Å². The Morgan fingerprint density at radius 1 is 1.13 bits per heavy atom. The highest BCUT2D eigenvalue weighted by Gasteiger charge is 2.44. The number of anilines is 3. The Bertz CT molecular complexity index is 968. The first-order valence-electron chi connectivity index (χ1n) is 11.2. The van der Waals surface area contributed by atoms with Gasteiger partial charge in [-0.15, -0.1) is 0 Å². The fourth-order valence-corrected chi connectivity index (χ4v) is 5.21. The number of carbonyl (C=O) groups is 1. The minimum absolute atomic E-state index is 0.0990. The Labute approximate surface area is 197 Å². The quantitative estimate of drug-likeness (QED) is 0.586. The lowest BCUT2D eigenvalue weighted by Gasteiger charge is -2.35. The Kier molecular flexibility index (Phi) is 5.81. The van der Waals surface area contributed by atoms with Crippen molar-refractivity contribution in [1.29, 1.82) is 0 Å². The van der Waals surface area contributed by atoms with E-state index in [1.807, 2.05) is 30.3 Å². The van der Waals surface area contributed by atoms with Crippen molar-refractivity contribution in [3.8, 4) is 0 Å². The van der Waals surface area contributed by atoms with Crippen LogP contribution in [0.25, 0.3) is 0 Å². The van der Waals surface area contributed by atoms with Gasteiger partial charge in [0.05, 0.1) is 24.0 Å². The molecule has 5 rings (SSSR count). The van der Waals surface area contributed by atoms with Crippen LogP contribution in [0.1, 0.15) is 43.0 Å². The summed E-state index contributed by atoms with van der Waals surface area (Å²) in [5, 5.41) is 3.04. The maximum Gasteiger partial charge on any atom is 0.258 e. The normalized spacial score (nSPS) is 22.5. The summed E-state index contributed by atoms with van der Waals surface area (Å²) in [4.78, 5) is 22.6. The predicted octanol–water partition coefficient (Wildman–Crippen LogP) is 4.54. The second-order valence-electron chi connectivity index (χ2n) is 9.11. The molecule has 164 valence electrons. The third kappa shape index (κ3) is 4.67. The van der Waals surface area contributed by atoms with Crippen LogP contribution < -0.4 is 15.1 Å². The Morgan fingerprint density at radius 2 is 1.94 bits per heavy atom. The van der Waals surface area contributed by atoms with Crippen LogP contribution in [0.3, 0.4) is 0 Å². The first-order chi connectivity index (χ1) is 15.0. The minimum Gasteiger partial charge on any atom is -0.375 e. The molecule has 2 saturated heterocycles. The lowest BCUT2D eigenvalue weighted by atomic mass is 9.93. The van der Waals surface area contributed by atoms with E-state index in [1.165, 1.54) is 25.7 Å². The standard InChI is InChI=1S/C24H29IN4O2/c1-17-16-29(13-14-31-17)22-4-2-3-21(26-22)27-23(30)19-6-5-18(25)15-20(19)28-11-9-24(7-8-24)10-12-28/h2-6,15,17H,7-14,16H2,1H3,(H,26,27,30). The van der Waals surface area contributed by atoms with Gasteiger partial charge >= 0.3 is 0 Å². The molecule has 2 aliphatic heterocycles. The van der Waals surface area contributed by atoms with Gasteiger partial charge in [-0.05, 0) is 90.9 Å². The number of aromatic nitrogens is 1. The van der Waals surface area contributed by atoms with E-state index in [0.29, 0.717) is 17.8 Å². The predicted molar refractivity (Wildman–Crippen MR) is 132 cm³/mol. The maximum atomic E-state index is 13.3. The molecule has 31 heavy (non-hydrogen) atoms. The molecule has 0 radical (unpaired) electrons. The summed E-state index contributed by atoms with van der Waals surface area (Å²) in [6.07, 6.45) is 5.42. The molecular weight excluding hydrogens is 503 g/mol. The summed E-state index contributed by atoms with van der Waals surface area (Å²) in [6, 6.07) is 11.9. The highest BCUT2D eigenvalue weighted by atomic mass is 127. The van der Waals surface area contributed by atoms with Gasteiger partial charge in [0.1, 0.15) is 11.6 Å². The van der Waals surface area contributed by atoms with Gasteiger partial charge in [-0.2, -0.15) is 0 Å². The van der Waals surface area contributed by atoms with Crippen molar-refractivity contribution >= 4 is 45.8 Å². The van der Waals surface area contributed by atoms with Crippen molar-refractivity contribution < 1.29 is 9.53 Å². The van der Waals surface area contributed by atoms with Crippen LogP contribution in [0.5, 0.6) is 0 Å².